The van der Waals surface area contributed by atoms with Crippen LogP contribution in [0.1, 0.15) is 12.5 Å². The van der Waals surface area contributed by atoms with Crippen molar-refractivity contribution in [3.05, 3.63) is 58.9 Å². The first kappa shape index (κ1) is 14.0. The Morgan fingerprint density at radius 2 is 1.74 bits per heavy atom. The van der Waals surface area contributed by atoms with Gasteiger partial charge in [-0.15, -0.1) is 0 Å². The molecule has 1 unspecified atom stereocenters. The molecule has 0 heterocycles. The van der Waals surface area contributed by atoms with Gasteiger partial charge in [-0.2, -0.15) is 0 Å². The predicted octanol–water partition coefficient (Wildman–Crippen LogP) is 4.30. The Hall–Kier alpha value is -1.38. The Kier molecular flexibility index (Phi) is 4.56. The molecule has 0 spiro atoms. The van der Waals surface area contributed by atoms with Crippen LogP contribution in [-0.2, 0) is 6.42 Å². The van der Waals surface area contributed by atoms with Crippen LogP contribution in [0.15, 0.2) is 42.5 Å². The molecule has 2 aromatic carbocycles. The lowest BCUT2D eigenvalue weighted by Gasteiger charge is -2.10. The number of rotatable bonds is 4. The van der Waals surface area contributed by atoms with E-state index in [0.29, 0.717) is 6.04 Å². The van der Waals surface area contributed by atoms with Crippen LogP contribution in [0.5, 0.6) is 0 Å². The molecule has 0 aliphatic heterocycles. The number of benzene rings is 2. The molecular formula is C16H17ClFN. The van der Waals surface area contributed by atoms with Crippen molar-refractivity contribution >= 4 is 11.6 Å². The molecule has 0 bridgehead atoms. The van der Waals surface area contributed by atoms with E-state index in [-0.39, 0.29) is 10.8 Å². The maximum absolute atomic E-state index is 13.1. The van der Waals surface area contributed by atoms with Gasteiger partial charge in [0.2, 0.25) is 0 Å². The van der Waals surface area contributed by atoms with Gasteiger partial charge in [0.15, 0.2) is 0 Å². The molecule has 100 valence electrons. The van der Waals surface area contributed by atoms with Crippen molar-refractivity contribution in [3.63, 3.8) is 0 Å². The largest absolute Gasteiger partial charge is 0.317 e. The van der Waals surface area contributed by atoms with E-state index in [9.17, 15) is 4.39 Å². The normalized spacial score (nSPS) is 12.4. The second-order valence-corrected chi connectivity index (χ2v) is 5.13. The average Bonchev–Trinajstić information content (AvgIpc) is 2.42. The molecule has 0 aliphatic carbocycles. The third kappa shape index (κ3) is 3.55. The average molecular weight is 278 g/mol. The van der Waals surface area contributed by atoms with Crippen LogP contribution in [0.2, 0.25) is 5.02 Å². The van der Waals surface area contributed by atoms with E-state index in [4.69, 9.17) is 11.6 Å². The fourth-order valence-corrected chi connectivity index (χ4v) is 2.15. The number of likely N-dealkylation sites (N-methyl/N-ethyl adjacent to an activating group) is 1. The highest BCUT2D eigenvalue weighted by atomic mass is 35.5. The minimum atomic E-state index is -0.384. The summed E-state index contributed by atoms with van der Waals surface area (Å²) in [6.45, 7) is 2.15. The van der Waals surface area contributed by atoms with Crippen LogP contribution in [0.4, 0.5) is 4.39 Å². The standard InChI is InChI=1S/C16H17ClFN/c1-11(19-2)9-12-3-5-13(6-4-12)14-7-8-16(18)15(17)10-14/h3-8,10-11,19H,9H2,1-2H3. The van der Waals surface area contributed by atoms with Crippen molar-refractivity contribution in [2.45, 2.75) is 19.4 Å². The van der Waals surface area contributed by atoms with Crippen LogP contribution in [0.3, 0.4) is 0 Å². The zero-order chi connectivity index (χ0) is 13.8. The second kappa shape index (κ2) is 6.18. The van der Waals surface area contributed by atoms with Crippen molar-refractivity contribution < 1.29 is 4.39 Å². The number of hydrogen-bond acceptors (Lipinski definition) is 1. The zero-order valence-electron chi connectivity index (χ0n) is 11.1. The Bertz CT molecular complexity index is 551. The third-order valence-electron chi connectivity index (χ3n) is 3.24. The molecular weight excluding hydrogens is 261 g/mol. The molecule has 0 aromatic heterocycles. The van der Waals surface area contributed by atoms with Gasteiger partial charge in [0.25, 0.3) is 0 Å². The van der Waals surface area contributed by atoms with Gasteiger partial charge >= 0.3 is 0 Å². The van der Waals surface area contributed by atoms with E-state index in [0.717, 1.165) is 17.5 Å². The molecule has 1 atom stereocenters. The summed E-state index contributed by atoms with van der Waals surface area (Å²) in [6.07, 6.45) is 0.987. The molecule has 2 rings (SSSR count). The van der Waals surface area contributed by atoms with Crippen LogP contribution in [0.25, 0.3) is 11.1 Å². The summed E-state index contributed by atoms with van der Waals surface area (Å²) in [5, 5.41) is 3.37. The monoisotopic (exact) mass is 277 g/mol. The first-order chi connectivity index (χ1) is 9.10. The fraction of sp³-hybridized carbons (Fsp3) is 0.250. The summed E-state index contributed by atoms with van der Waals surface area (Å²) in [5.74, 6) is -0.384. The molecule has 0 saturated carbocycles. The van der Waals surface area contributed by atoms with E-state index in [2.05, 4.69) is 24.4 Å². The Balaban J connectivity index is 2.20. The number of nitrogens with one attached hydrogen (secondary N) is 1. The van der Waals surface area contributed by atoms with Crippen LogP contribution < -0.4 is 5.32 Å². The lowest BCUT2D eigenvalue weighted by molar-refractivity contribution is 0.608. The first-order valence-corrected chi connectivity index (χ1v) is 6.69. The molecule has 2 aromatic rings. The molecule has 1 nitrogen and oxygen atoms in total. The topological polar surface area (TPSA) is 12.0 Å². The molecule has 0 radical (unpaired) electrons. The van der Waals surface area contributed by atoms with Crippen LogP contribution in [0, 0.1) is 5.82 Å². The second-order valence-electron chi connectivity index (χ2n) is 4.72. The Labute approximate surface area is 118 Å². The van der Waals surface area contributed by atoms with Gasteiger partial charge in [-0.05, 0) is 49.2 Å². The van der Waals surface area contributed by atoms with E-state index in [1.165, 1.54) is 11.6 Å². The predicted molar refractivity (Wildman–Crippen MR) is 79.1 cm³/mol. The van der Waals surface area contributed by atoms with Crippen molar-refractivity contribution in [3.8, 4) is 11.1 Å². The van der Waals surface area contributed by atoms with Gasteiger partial charge in [-0.1, -0.05) is 41.9 Å². The summed E-state index contributed by atoms with van der Waals surface area (Å²) >= 11 is 5.80. The molecule has 0 aliphatic rings. The Morgan fingerprint density at radius 3 is 2.32 bits per heavy atom. The van der Waals surface area contributed by atoms with Gasteiger partial charge in [-0.3, -0.25) is 0 Å². The van der Waals surface area contributed by atoms with Gasteiger partial charge in [0.05, 0.1) is 5.02 Å². The molecule has 3 heteroatoms. The lowest BCUT2D eigenvalue weighted by Crippen LogP contribution is -2.23. The smallest absolute Gasteiger partial charge is 0.141 e. The third-order valence-corrected chi connectivity index (χ3v) is 3.53. The summed E-state index contributed by atoms with van der Waals surface area (Å²) in [4.78, 5) is 0. The number of hydrogen-bond donors (Lipinski definition) is 1. The van der Waals surface area contributed by atoms with Gasteiger partial charge in [0.1, 0.15) is 5.82 Å². The van der Waals surface area contributed by atoms with Gasteiger partial charge in [0, 0.05) is 6.04 Å². The molecule has 0 saturated heterocycles. The van der Waals surface area contributed by atoms with E-state index < -0.39 is 0 Å². The zero-order valence-corrected chi connectivity index (χ0v) is 11.8. The summed E-state index contributed by atoms with van der Waals surface area (Å²) in [5.41, 5.74) is 3.25. The van der Waals surface area contributed by atoms with Crippen molar-refractivity contribution in [1.29, 1.82) is 0 Å². The first-order valence-electron chi connectivity index (χ1n) is 6.32. The minimum Gasteiger partial charge on any atom is -0.317 e. The van der Waals surface area contributed by atoms with Crippen molar-refractivity contribution in [2.24, 2.45) is 0 Å². The van der Waals surface area contributed by atoms with Crippen LogP contribution in [-0.4, -0.2) is 13.1 Å². The highest BCUT2D eigenvalue weighted by Crippen LogP contribution is 2.25. The van der Waals surface area contributed by atoms with E-state index in [1.54, 1.807) is 12.1 Å². The molecule has 19 heavy (non-hydrogen) atoms. The quantitative estimate of drug-likeness (QED) is 0.879. The highest BCUT2D eigenvalue weighted by molar-refractivity contribution is 6.31. The summed E-state index contributed by atoms with van der Waals surface area (Å²) < 4.78 is 13.1. The molecule has 1 N–H and O–H groups in total. The van der Waals surface area contributed by atoms with E-state index in [1.807, 2.05) is 19.2 Å². The van der Waals surface area contributed by atoms with Crippen molar-refractivity contribution in [2.75, 3.05) is 7.05 Å². The molecule has 0 fully saturated rings. The van der Waals surface area contributed by atoms with Crippen LogP contribution >= 0.6 is 11.6 Å². The lowest BCUT2D eigenvalue weighted by atomic mass is 10.0. The van der Waals surface area contributed by atoms with Crippen molar-refractivity contribution in [1.82, 2.24) is 5.32 Å². The highest BCUT2D eigenvalue weighted by Gasteiger charge is 2.04. The van der Waals surface area contributed by atoms with Gasteiger partial charge < -0.3 is 5.32 Å². The summed E-state index contributed by atoms with van der Waals surface area (Å²) in [7, 11) is 1.96. The number of halogens is 2. The Morgan fingerprint density at radius 1 is 1.11 bits per heavy atom. The molecule has 0 amide bonds. The maximum atomic E-state index is 13.1. The fourth-order valence-electron chi connectivity index (χ4n) is 1.96. The SMILES string of the molecule is CNC(C)Cc1ccc(-c2ccc(F)c(Cl)c2)cc1. The minimum absolute atomic E-state index is 0.158. The van der Waals surface area contributed by atoms with E-state index >= 15 is 0 Å². The maximum Gasteiger partial charge on any atom is 0.141 e. The van der Waals surface area contributed by atoms with Gasteiger partial charge in [-0.25, -0.2) is 4.39 Å². The summed E-state index contributed by atoms with van der Waals surface area (Å²) in [6, 6.07) is 13.5.